The summed E-state index contributed by atoms with van der Waals surface area (Å²) in [6.07, 6.45) is 2.89. The maximum Gasteiger partial charge on any atom is 0.316 e. The zero-order valence-electron chi connectivity index (χ0n) is 8.01. The van der Waals surface area contributed by atoms with E-state index < -0.39 is 5.95 Å². The van der Waals surface area contributed by atoms with Gasteiger partial charge in [-0.1, -0.05) is 0 Å². The van der Waals surface area contributed by atoms with Gasteiger partial charge in [0.15, 0.2) is 0 Å². The molecule has 0 N–H and O–H groups in total. The molecule has 0 fully saturated rings. The Morgan fingerprint density at radius 2 is 2.07 bits per heavy atom. The van der Waals surface area contributed by atoms with Crippen LogP contribution in [0.15, 0.2) is 30.6 Å². The van der Waals surface area contributed by atoms with Gasteiger partial charge in [-0.15, -0.1) is 0 Å². The fourth-order valence-corrected chi connectivity index (χ4v) is 1.17. The van der Waals surface area contributed by atoms with Crippen molar-refractivity contribution in [1.82, 2.24) is 15.0 Å². The van der Waals surface area contributed by atoms with Crippen LogP contribution in [-0.2, 0) is 0 Å². The van der Waals surface area contributed by atoms with E-state index in [4.69, 9.17) is 4.74 Å². The summed E-state index contributed by atoms with van der Waals surface area (Å²) < 4.78 is 18.1. The van der Waals surface area contributed by atoms with Crippen LogP contribution >= 0.6 is 0 Å². The number of rotatable bonds is 2. The van der Waals surface area contributed by atoms with Crippen LogP contribution < -0.4 is 4.74 Å². The molecule has 5 heteroatoms. The summed E-state index contributed by atoms with van der Waals surface area (Å²) in [5.74, 6) is -0.557. The molecule has 76 valence electrons. The number of ether oxygens (including phenoxy) is 1. The summed E-state index contributed by atoms with van der Waals surface area (Å²) in [4.78, 5) is 11.4. The third kappa shape index (κ3) is 1.90. The Balaban J connectivity index is 2.49. The molecule has 0 aromatic carbocycles. The molecular formula is C10H8FN3O. The van der Waals surface area contributed by atoms with Crippen molar-refractivity contribution >= 4 is 0 Å². The highest BCUT2D eigenvalue weighted by atomic mass is 19.1. The molecule has 0 bridgehead atoms. The van der Waals surface area contributed by atoms with Gasteiger partial charge in [-0.2, -0.15) is 9.37 Å². The van der Waals surface area contributed by atoms with Crippen LogP contribution in [0.4, 0.5) is 4.39 Å². The lowest BCUT2D eigenvalue weighted by atomic mass is 10.2. The van der Waals surface area contributed by atoms with Gasteiger partial charge < -0.3 is 4.74 Å². The van der Waals surface area contributed by atoms with Crippen molar-refractivity contribution in [3.63, 3.8) is 0 Å². The second kappa shape index (κ2) is 4.00. The lowest BCUT2D eigenvalue weighted by Crippen LogP contribution is -1.95. The van der Waals surface area contributed by atoms with Crippen molar-refractivity contribution in [2.24, 2.45) is 0 Å². The third-order valence-electron chi connectivity index (χ3n) is 1.85. The number of aromatic nitrogens is 3. The first-order valence-electron chi connectivity index (χ1n) is 4.29. The van der Waals surface area contributed by atoms with E-state index in [1.54, 1.807) is 18.2 Å². The van der Waals surface area contributed by atoms with Crippen molar-refractivity contribution < 1.29 is 9.13 Å². The number of halogens is 1. The Labute approximate surface area is 85.8 Å². The van der Waals surface area contributed by atoms with Gasteiger partial charge in [0.2, 0.25) is 5.95 Å². The first-order chi connectivity index (χ1) is 7.31. The molecule has 2 aromatic heterocycles. The van der Waals surface area contributed by atoms with Crippen LogP contribution in [0.5, 0.6) is 6.01 Å². The second-order valence-electron chi connectivity index (χ2n) is 2.77. The molecular weight excluding hydrogens is 197 g/mol. The topological polar surface area (TPSA) is 47.9 Å². The van der Waals surface area contributed by atoms with Gasteiger partial charge in [0.05, 0.1) is 18.4 Å². The van der Waals surface area contributed by atoms with E-state index in [0.29, 0.717) is 11.3 Å². The Hall–Kier alpha value is -2.04. The molecule has 0 unspecified atom stereocenters. The van der Waals surface area contributed by atoms with Crippen molar-refractivity contribution in [2.75, 3.05) is 7.11 Å². The van der Waals surface area contributed by atoms with E-state index in [2.05, 4.69) is 15.0 Å². The van der Waals surface area contributed by atoms with Gasteiger partial charge in [0, 0.05) is 12.4 Å². The van der Waals surface area contributed by atoms with Crippen LogP contribution in [0.3, 0.4) is 0 Å². The lowest BCUT2D eigenvalue weighted by molar-refractivity contribution is 0.380. The lowest BCUT2D eigenvalue weighted by Gasteiger charge is -2.02. The molecule has 2 heterocycles. The number of pyridine rings is 1. The Morgan fingerprint density at radius 1 is 1.20 bits per heavy atom. The largest absolute Gasteiger partial charge is 0.467 e. The molecule has 0 saturated heterocycles. The smallest absolute Gasteiger partial charge is 0.316 e. The molecule has 15 heavy (non-hydrogen) atoms. The van der Waals surface area contributed by atoms with Crippen molar-refractivity contribution in [3.8, 4) is 17.3 Å². The maximum absolute atomic E-state index is 13.3. The number of hydrogen-bond acceptors (Lipinski definition) is 4. The average Bonchev–Trinajstić information content (AvgIpc) is 2.30. The molecule has 0 radical (unpaired) electrons. The Kier molecular flexibility index (Phi) is 2.53. The minimum Gasteiger partial charge on any atom is -0.467 e. The van der Waals surface area contributed by atoms with E-state index in [1.807, 2.05) is 0 Å². The molecule has 0 spiro atoms. The fraction of sp³-hybridized carbons (Fsp3) is 0.100. The van der Waals surface area contributed by atoms with Crippen molar-refractivity contribution in [3.05, 3.63) is 36.5 Å². The molecule has 0 aliphatic rings. The zero-order chi connectivity index (χ0) is 10.7. The Morgan fingerprint density at radius 3 is 2.80 bits per heavy atom. The number of hydrogen-bond donors (Lipinski definition) is 0. The predicted octanol–water partition coefficient (Wildman–Crippen LogP) is 1.69. The highest BCUT2D eigenvalue weighted by molar-refractivity contribution is 5.58. The fourth-order valence-electron chi connectivity index (χ4n) is 1.17. The minimum atomic E-state index is -0.557. The second-order valence-corrected chi connectivity index (χ2v) is 2.77. The third-order valence-corrected chi connectivity index (χ3v) is 1.85. The van der Waals surface area contributed by atoms with Gasteiger partial charge in [0.25, 0.3) is 0 Å². The summed E-state index contributed by atoms with van der Waals surface area (Å²) in [6.45, 7) is 0. The summed E-state index contributed by atoms with van der Waals surface area (Å²) >= 11 is 0. The highest BCUT2D eigenvalue weighted by Crippen LogP contribution is 2.19. The highest BCUT2D eigenvalue weighted by Gasteiger charge is 2.07. The van der Waals surface area contributed by atoms with Crippen molar-refractivity contribution in [2.45, 2.75) is 0 Å². The normalized spacial score (nSPS) is 10.0. The van der Waals surface area contributed by atoms with E-state index in [0.717, 1.165) is 0 Å². The quantitative estimate of drug-likeness (QED) is 0.700. The minimum absolute atomic E-state index is 0.204. The van der Waals surface area contributed by atoms with Crippen LogP contribution in [0.2, 0.25) is 0 Å². The van der Waals surface area contributed by atoms with Gasteiger partial charge >= 0.3 is 6.01 Å². The first-order valence-corrected chi connectivity index (χ1v) is 4.29. The zero-order valence-corrected chi connectivity index (χ0v) is 8.01. The Bertz CT molecular complexity index is 476. The number of nitrogens with zero attached hydrogens (tertiary/aromatic N) is 3. The SMILES string of the molecule is COc1nccc(-c2cccnc2F)n1. The van der Waals surface area contributed by atoms with Crippen LogP contribution in [0.25, 0.3) is 11.3 Å². The molecule has 0 aliphatic heterocycles. The average molecular weight is 205 g/mol. The molecule has 0 aliphatic carbocycles. The van der Waals surface area contributed by atoms with Gasteiger partial charge in [-0.25, -0.2) is 9.97 Å². The van der Waals surface area contributed by atoms with E-state index in [9.17, 15) is 4.39 Å². The summed E-state index contributed by atoms with van der Waals surface area (Å²) in [5, 5.41) is 0. The molecule has 0 atom stereocenters. The molecule has 2 aromatic rings. The number of methoxy groups -OCH3 is 1. The monoisotopic (exact) mass is 205 g/mol. The summed E-state index contributed by atoms with van der Waals surface area (Å²) in [6, 6.07) is 5.05. The molecule has 4 nitrogen and oxygen atoms in total. The summed E-state index contributed by atoms with van der Waals surface area (Å²) in [5.41, 5.74) is 0.783. The predicted molar refractivity (Wildman–Crippen MR) is 51.8 cm³/mol. The van der Waals surface area contributed by atoms with Crippen LogP contribution in [-0.4, -0.2) is 22.1 Å². The van der Waals surface area contributed by atoms with Gasteiger partial charge in [-0.3, -0.25) is 0 Å². The van der Waals surface area contributed by atoms with Crippen LogP contribution in [0.1, 0.15) is 0 Å². The van der Waals surface area contributed by atoms with E-state index >= 15 is 0 Å². The van der Waals surface area contributed by atoms with E-state index in [-0.39, 0.29) is 6.01 Å². The molecule has 0 saturated carbocycles. The van der Waals surface area contributed by atoms with Gasteiger partial charge in [0.1, 0.15) is 0 Å². The van der Waals surface area contributed by atoms with E-state index in [1.165, 1.54) is 19.5 Å². The summed E-state index contributed by atoms with van der Waals surface area (Å²) in [7, 11) is 1.46. The standard InChI is InChI=1S/C10H8FN3O/c1-15-10-13-6-4-8(14-10)7-3-2-5-12-9(7)11/h2-6H,1H3. The van der Waals surface area contributed by atoms with Crippen LogP contribution in [0, 0.1) is 5.95 Å². The maximum atomic E-state index is 13.3. The first kappa shape index (κ1) is 9.51. The van der Waals surface area contributed by atoms with Crippen molar-refractivity contribution in [1.29, 1.82) is 0 Å². The molecule has 0 amide bonds. The van der Waals surface area contributed by atoms with Gasteiger partial charge in [-0.05, 0) is 18.2 Å². The molecule has 2 rings (SSSR count).